The highest BCUT2D eigenvalue weighted by atomic mass is 35.5. The van der Waals surface area contributed by atoms with Gasteiger partial charge in [0.05, 0.1) is 15.6 Å². The zero-order valence-corrected chi connectivity index (χ0v) is 21.3. The lowest BCUT2D eigenvalue weighted by molar-refractivity contribution is -0.143. The predicted molar refractivity (Wildman–Crippen MR) is 126 cm³/mol. The highest BCUT2D eigenvalue weighted by molar-refractivity contribution is 7.90. The second-order valence-electron chi connectivity index (χ2n) is 8.33. The first-order chi connectivity index (χ1) is 16.1. The summed E-state index contributed by atoms with van der Waals surface area (Å²) in [7, 11) is -4.56. The molecule has 0 saturated carbocycles. The summed E-state index contributed by atoms with van der Waals surface area (Å²) < 4.78 is 70.2. The summed E-state index contributed by atoms with van der Waals surface area (Å²) in [4.78, 5) is 12.6. The molecule has 0 aliphatic carbocycles. The van der Waals surface area contributed by atoms with E-state index in [9.17, 15) is 26.4 Å². The fourth-order valence-corrected chi connectivity index (χ4v) is 5.20. The third kappa shape index (κ3) is 5.62. The SMILES string of the molecule is CC(C)c1ccc(C(C)C)c(S(=O)(=O)NC(=O)c2nnn(-c3ccc(Cl)cc3Cl)c2C(F)(F)F)c1. The molecule has 0 radical (unpaired) electrons. The van der Waals surface area contributed by atoms with Crippen LogP contribution in [0.4, 0.5) is 13.2 Å². The zero-order valence-electron chi connectivity index (χ0n) is 19.0. The molecule has 188 valence electrons. The van der Waals surface area contributed by atoms with Crippen molar-refractivity contribution in [2.75, 3.05) is 0 Å². The summed E-state index contributed by atoms with van der Waals surface area (Å²) in [5, 5.41) is 6.73. The van der Waals surface area contributed by atoms with E-state index in [0.717, 1.165) is 0 Å². The number of nitrogens with one attached hydrogen (secondary N) is 1. The molecule has 3 rings (SSSR count). The maximum absolute atomic E-state index is 14.0. The van der Waals surface area contributed by atoms with Crippen LogP contribution < -0.4 is 4.72 Å². The van der Waals surface area contributed by atoms with Crippen LogP contribution in [-0.4, -0.2) is 29.3 Å². The topological polar surface area (TPSA) is 93.9 Å². The molecule has 0 fully saturated rings. The van der Waals surface area contributed by atoms with Gasteiger partial charge in [0.15, 0.2) is 11.4 Å². The Bertz CT molecular complexity index is 1390. The molecule has 0 atom stereocenters. The van der Waals surface area contributed by atoms with Crippen molar-refractivity contribution >= 4 is 39.1 Å². The number of hydrogen-bond donors (Lipinski definition) is 1. The first-order valence-electron chi connectivity index (χ1n) is 10.3. The quantitative estimate of drug-likeness (QED) is 0.410. The lowest BCUT2D eigenvalue weighted by atomic mass is 9.97. The van der Waals surface area contributed by atoms with Crippen LogP contribution in [0.2, 0.25) is 10.0 Å². The monoisotopic (exact) mass is 548 g/mol. The maximum Gasteiger partial charge on any atom is 0.435 e. The highest BCUT2D eigenvalue weighted by Crippen LogP contribution is 2.35. The molecular formula is C22H21Cl2F3N4O3S. The molecule has 0 unspecified atom stereocenters. The average Bonchev–Trinajstić information content (AvgIpc) is 3.18. The average molecular weight is 549 g/mol. The van der Waals surface area contributed by atoms with Gasteiger partial charge in [-0.3, -0.25) is 4.79 Å². The van der Waals surface area contributed by atoms with Gasteiger partial charge in [0.2, 0.25) is 0 Å². The Kier molecular flexibility index (Phi) is 7.54. The zero-order chi connectivity index (χ0) is 26.3. The number of hydrogen-bond acceptors (Lipinski definition) is 5. The second kappa shape index (κ2) is 9.79. The van der Waals surface area contributed by atoms with Crippen molar-refractivity contribution in [2.24, 2.45) is 0 Å². The van der Waals surface area contributed by atoms with Gasteiger partial charge in [-0.1, -0.05) is 68.2 Å². The molecule has 35 heavy (non-hydrogen) atoms. The number of nitrogens with zero attached hydrogens (tertiary/aromatic N) is 3. The number of alkyl halides is 3. The molecule has 3 aromatic rings. The summed E-state index contributed by atoms with van der Waals surface area (Å²) >= 11 is 11.8. The second-order valence-corrected chi connectivity index (χ2v) is 10.8. The molecule has 2 aromatic carbocycles. The van der Waals surface area contributed by atoms with E-state index in [1.807, 2.05) is 13.8 Å². The van der Waals surface area contributed by atoms with E-state index in [1.165, 1.54) is 24.3 Å². The molecule has 1 heterocycles. The van der Waals surface area contributed by atoms with Crippen molar-refractivity contribution in [3.05, 3.63) is 69.0 Å². The molecule has 1 amide bonds. The van der Waals surface area contributed by atoms with Gasteiger partial charge in [0, 0.05) is 5.02 Å². The van der Waals surface area contributed by atoms with E-state index in [4.69, 9.17) is 23.2 Å². The van der Waals surface area contributed by atoms with Gasteiger partial charge >= 0.3 is 6.18 Å². The van der Waals surface area contributed by atoms with Gasteiger partial charge in [0.25, 0.3) is 15.9 Å². The Morgan fingerprint density at radius 2 is 1.69 bits per heavy atom. The summed E-state index contributed by atoms with van der Waals surface area (Å²) in [6.45, 7) is 7.23. The van der Waals surface area contributed by atoms with Crippen molar-refractivity contribution in [1.82, 2.24) is 19.7 Å². The third-order valence-corrected chi connectivity index (χ3v) is 7.06. The van der Waals surface area contributed by atoms with E-state index in [0.29, 0.717) is 15.8 Å². The smallest absolute Gasteiger partial charge is 0.266 e. The van der Waals surface area contributed by atoms with Gasteiger partial charge in [-0.15, -0.1) is 5.10 Å². The van der Waals surface area contributed by atoms with Crippen LogP contribution in [0.1, 0.15) is 66.8 Å². The molecule has 13 heteroatoms. The molecule has 7 nitrogen and oxygen atoms in total. The fraction of sp³-hybridized carbons (Fsp3) is 0.318. The van der Waals surface area contributed by atoms with E-state index in [-0.39, 0.29) is 32.5 Å². The number of carbonyl (C=O) groups is 1. The number of amides is 1. The largest absolute Gasteiger partial charge is 0.435 e. The lowest BCUT2D eigenvalue weighted by Gasteiger charge is -2.17. The highest BCUT2D eigenvalue weighted by Gasteiger charge is 2.43. The Morgan fingerprint density at radius 3 is 2.23 bits per heavy atom. The fourth-order valence-electron chi connectivity index (χ4n) is 3.36. The van der Waals surface area contributed by atoms with Gasteiger partial charge in [-0.2, -0.15) is 13.2 Å². The Balaban J connectivity index is 2.10. The van der Waals surface area contributed by atoms with Crippen molar-refractivity contribution in [1.29, 1.82) is 0 Å². The Morgan fingerprint density at radius 1 is 1.03 bits per heavy atom. The first-order valence-corrected chi connectivity index (χ1v) is 12.6. The van der Waals surface area contributed by atoms with Crippen LogP contribution in [0.15, 0.2) is 41.3 Å². The van der Waals surface area contributed by atoms with Crippen LogP contribution >= 0.6 is 23.2 Å². The minimum Gasteiger partial charge on any atom is -0.266 e. The van der Waals surface area contributed by atoms with E-state index in [1.54, 1.807) is 30.7 Å². The molecule has 0 aliphatic rings. The van der Waals surface area contributed by atoms with Crippen LogP contribution in [0.25, 0.3) is 5.69 Å². The van der Waals surface area contributed by atoms with Crippen molar-refractivity contribution in [2.45, 2.75) is 50.6 Å². The maximum atomic E-state index is 14.0. The number of halogens is 5. The number of rotatable bonds is 6. The molecular weight excluding hydrogens is 528 g/mol. The number of sulfonamides is 1. The number of aromatic nitrogens is 3. The predicted octanol–water partition coefficient (Wildman–Crippen LogP) is 5.96. The first kappa shape index (κ1) is 27.0. The number of carbonyl (C=O) groups excluding carboxylic acids is 1. The van der Waals surface area contributed by atoms with Crippen molar-refractivity contribution in [3.8, 4) is 5.69 Å². The number of benzene rings is 2. The molecule has 0 spiro atoms. The molecule has 0 aliphatic heterocycles. The molecule has 0 bridgehead atoms. The van der Waals surface area contributed by atoms with Crippen LogP contribution in [0.5, 0.6) is 0 Å². The van der Waals surface area contributed by atoms with E-state index in [2.05, 4.69) is 10.3 Å². The van der Waals surface area contributed by atoms with E-state index < -0.39 is 33.5 Å². The third-order valence-electron chi connectivity index (χ3n) is 5.13. The Labute approximate surface area is 210 Å². The molecule has 1 N–H and O–H groups in total. The minimum absolute atomic E-state index is 0.0262. The molecule has 0 saturated heterocycles. The van der Waals surface area contributed by atoms with Crippen LogP contribution in [0, 0.1) is 0 Å². The minimum atomic E-state index is -5.12. The van der Waals surface area contributed by atoms with Crippen LogP contribution in [-0.2, 0) is 16.2 Å². The normalized spacial score (nSPS) is 12.4. The summed E-state index contributed by atoms with van der Waals surface area (Å²) in [6, 6.07) is 8.44. The lowest BCUT2D eigenvalue weighted by Crippen LogP contribution is -2.33. The van der Waals surface area contributed by atoms with Crippen LogP contribution in [0.3, 0.4) is 0 Å². The van der Waals surface area contributed by atoms with Crippen molar-refractivity contribution in [3.63, 3.8) is 0 Å². The summed E-state index contributed by atoms with van der Waals surface area (Å²) in [5.41, 5.74) is -1.97. The van der Waals surface area contributed by atoms with Gasteiger partial charge in [-0.05, 0) is 47.2 Å². The van der Waals surface area contributed by atoms with Crippen molar-refractivity contribution < 1.29 is 26.4 Å². The van der Waals surface area contributed by atoms with Gasteiger partial charge < -0.3 is 0 Å². The summed E-state index contributed by atoms with van der Waals surface area (Å²) in [5.74, 6) is -1.85. The van der Waals surface area contributed by atoms with Gasteiger partial charge in [0.1, 0.15) is 0 Å². The molecule has 1 aromatic heterocycles. The van der Waals surface area contributed by atoms with E-state index >= 15 is 0 Å². The van der Waals surface area contributed by atoms with Gasteiger partial charge in [-0.25, -0.2) is 17.8 Å². The standard InChI is InChI=1S/C22H21Cl2F3N4O3S/c1-11(2)13-5-7-15(12(3)4)18(9-13)35(33,34)29-21(32)19-20(22(25,26)27)31(30-28-19)17-8-6-14(23)10-16(17)24/h5-12H,1-4H3,(H,29,32). The Hall–Kier alpha value is -2.63. The summed E-state index contributed by atoms with van der Waals surface area (Å²) in [6.07, 6.45) is -5.12.